The molecule has 1 N–H and O–H groups in total. The van der Waals surface area contributed by atoms with Gasteiger partial charge in [0.05, 0.1) is 0 Å². The van der Waals surface area contributed by atoms with Gasteiger partial charge in [0, 0.05) is 11.6 Å². The summed E-state index contributed by atoms with van der Waals surface area (Å²) in [6.07, 6.45) is 3.16. The van der Waals surface area contributed by atoms with E-state index in [1.165, 1.54) is 11.1 Å². The van der Waals surface area contributed by atoms with Crippen molar-refractivity contribution in [2.75, 3.05) is 5.32 Å². The SMILES string of the molecule is CC(=O)C1CCc2ccc(NC(=O)OC(C)(C)C)cc2CC1. The van der Waals surface area contributed by atoms with Crippen molar-refractivity contribution in [3.8, 4) is 0 Å². The molecule has 4 nitrogen and oxygen atoms in total. The first-order valence-corrected chi connectivity index (χ1v) is 7.87. The van der Waals surface area contributed by atoms with Crippen LogP contribution in [-0.2, 0) is 22.4 Å². The van der Waals surface area contributed by atoms with Gasteiger partial charge >= 0.3 is 6.09 Å². The maximum Gasteiger partial charge on any atom is 0.412 e. The highest BCUT2D eigenvalue weighted by Gasteiger charge is 2.20. The van der Waals surface area contributed by atoms with Crippen LogP contribution in [0.15, 0.2) is 18.2 Å². The monoisotopic (exact) mass is 303 g/mol. The van der Waals surface area contributed by atoms with E-state index in [2.05, 4.69) is 5.32 Å². The smallest absolute Gasteiger partial charge is 0.412 e. The normalized spacial score (nSPS) is 18.1. The predicted molar refractivity (Wildman–Crippen MR) is 87.1 cm³/mol. The minimum absolute atomic E-state index is 0.162. The van der Waals surface area contributed by atoms with E-state index in [1.54, 1.807) is 6.92 Å². The highest BCUT2D eigenvalue weighted by molar-refractivity contribution is 5.85. The highest BCUT2D eigenvalue weighted by atomic mass is 16.6. The molecular formula is C18H25NO3. The molecule has 0 fully saturated rings. The van der Waals surface area contributed by atoms with Gasteiger partial charge in [-0.1, -0.05) is 6.07 Å². The minimum atomic E-state index is -0.509. The molecule has 1 aliphatic carbocycles. The van der Waals surface area contributed by atoms with Crippen LogP contribution in [0.25, 0.3) is 0 Å². The van der Waals surface area contributed by atoms with Crippen LogP contribution in [0.2, 0.25) is 0 Å². The van der Waals surface area contributed by atoms with Gasteiger partial charge in [0.2, 0.25) is 0 Å². The molecule has 0 aliphatic heterocycles. The number of anilines is 1. The van der Waals surface area contributed by atoms with Gasteiger partial charge in [-0.15, -0.1) is 0 Å². The molecule has 0 aromatic heterocycles. The Morgan fingerprint density at radius 2 is 1.77 bits per heavy atom. The lowest BCUT2D eigenvalue weighted by atomic mass is 9.96. The third-order valence-corrected chi connectivity index (χ3v) is 3.95. The van der Waals surface area contributed by atoms with Crippen LogP contribution in [0.1, 0.15) is 51.7 Å². The lowest BCUT2D eigenvalue weighted by Gasteiger charge is -2.20. The van der Waals surface area contributed by atoms with Crippen LogP contribution in [0, 0.1) is 5.92 Å². The molecule has 1 unspecified atom stereocenters. The summed E-state index contributed by atoms with van der Waals surface area (Å²) in [6, 6.07) is 5.95. The third kappa shape index (κ3) is 4.58. The van der Waals surface area contributed by atoms with Gasteiger partial charge in [-0.3, -0.25) is 10.1 Å². The zero-order chi connectivity index (χ0) is 16.3. The van der Waals surface area contributed by atoms with Gasteiger partial charge in [0.1, 0.15) is 11.4 Å². The molecule has 1 aliphatic rings. The van der Waals surface area contributed by atoms with Crippen LogP contribution in [0.3, 0.4) is 0 Å². The quantitative estimate of drug-likeness (QED) is 0.836. The Hall–Kier alpha value is -1.84. The van der Waals surface area contributed by atoms with E-state index in [9.17, 15) is 9.59 Å². The van der Waals surface area contributed by atoms with Gasteiger partial charge in [0.25, 0.3) is 0 Å². The van der Waals surface area contributed by atoms with E-state index >= 15 is 0 Å². The molecule has 2 rings (SSSR count). The molecule has 1 aromatic rings. The summed E-state index contributed by atoms with van der Waals surface area (Å²) >= 11 is 0. The fraction of sp³-hybridized carbons (Fsp3) is 0.556. The fourth-order valence-electron chi connectivity index (χ4n) is 2.81. The number of carbonyl (C=O) groups is 2. The molecule has 0 spiro atoms. The predicted octanol–water partition coefficient (Wildman–Crippen LogP) is 4.12. The zero-order valence-corrected chi connectivity index (χ0v) is 13.9. The van der Waals surface area contributed by atoms with E-state index in [1.807, 2.05) is 39.0 Å². The van der Waals surface area contributed by atoms with E-state index in [0.717, 1.165) is 31.4 Å². The third-order valence-electron chi connectivity index (χ3n) is 3.95. The summed E-state index contributed by atoms with van der Waals surface area (Å²) in [5.41, 5.74) is 2.73. The molecule has 0 radical (unpaired) electrons. The van der Waals surface area contributed by atoms with Crippen LogP contribution in [0.5, 0.6) is 0 Å². The summed E-state index contributed by atoms with van der Waals surface area (Å²) in [4.78, 5) is 23.4. The molecule has 0 saturated carbocycles. The Morgan fingerprint density at radius 1 is 1.14 bits per heavy atom. The number of hydrogen-bond donors (Lipinski definition) is 1. The van der Waals surface area contributed by atoms with Gasteiger partial charge in [-0.05, 0) is 76.6 Å². The average molecular weight is 303 g/mol. The second-order valence-corrected chi connectivity index (χ2v) is 7.00. The number of carbonyl (C=O) groups excluding carboxylic acids is 2. The van der Waals surface area contributed by atoms with Crippen LogP contribution < -0.4 is 5.32 Å². The van der Waals surface area contributed by atoms with Crippen molar-refractivity contribution in [2.24, 2.45) is 5.92 Å². The van der Waals surface area contributed by atoms with E-state index < -0.39 is 11.7 Å². The maximum absolute atomic E-state index is 11.8. The summed E-state index contributed by atoms with van der Waals surface area (Å²) < 4.78 is 5.26. The Balaban J connectivity index is 2.06. The number of amides is 1. The Morgan fingerprint density at radius 3 is 2.36 bits per heavy atom. The maximum atomic E-state index is 11.8. The van der Waals surface area contributed by atoms with Crippen molar-refractivity contribution in [1.82, 2.24) is 0 Å². The number of fused-ring (bicyclic) bond motifs is 1. The molecule has 120 valence electrons. The lowest BCUT2D eigenvalue weighted by molar-refractivity contribution is -0.121. The van der Waals surface area contributed by atoms with Gasteiger partial charge in [-0.2, -0.15) is 0 Å². The molecule has 1 atom stereocenters. The molecule has 0 heterocycles. The van der Waals surface area contributed by atoms with Gasteiger partial charge in [0.15, 0.2) is 0 Å². The number of hydrogen-bond acceptors (Lipinski definition) is 3. The summed E-state index contributed by atoms with van der Waals surface area (Å²) in [6.45, 7) is 7.19. The fourth-order valence-corrected chi connectivity index (χ4v) is 2.81. The van der Waals surface area contributed by atoms with Gasteiger partial charge < -0.3 is 4.74 Å². The van der Waals surface area contributed by atoms with Crippen molar-refractivity contribution in [1.29, 1.82) is 0 Å². The minimum Gasteiger partial charge on any atom is -0.444 e. The first kappa shape index (κ1) is 16.5. The molecule has 0 bridgehead atoms. The van der Waals surface area contributed by atoms with E-state index in [-0.39, 0.29) is 11.7 Å². The Labute approximate surface area is 132 Å². The van der Waals surface area contributed by atoms with Crippen LogP contribution >= 0.6 is 0 Å². The standard InChI is InChI=1S/C18H25NO3/c1-12(20)13-5-7-14-9-10-16(11-15(14)8-6-13)19-17(21)22-18(2,3)4/h9-11,13H,5-8H2,1-4H3,(H,19,21). The van der Waals surface area contributed by atoms with Crippen molar-refractivity contribution in [3.05, 3.63) is 29.3 Å². The van der Waals surface area contributed by atoms with E-state index in [4.69, 9.17) is 4.74 Å². The van der Waals surface area contributed by atoms with Crippen molar-refractivity contribution in [3.63, 3.8) is 0 Å². The zero-order valence-electron chi connectivity index (χ0n) is 13.9. The highest BCUT2D eigenvalue weighted by Crippen LogP contribution is 2.27. The topological polar surface area (TPSA) is 55.4 Å². The van der Waals surface area contributed by atoms with Crippen molar-refractivity contribution < 1.29 is 14.3 Å². The molecule has 1 amide bonds. The Bertz CT molecular complexity index is 572. The van der Waals surface area contributed by atoms with Crippen molar-refractivity contribution in [2.45, 2.75) is 59.0 Å². The molecular weight excluding hydrogens is 278 g/mol. The second-order valence-electron chi connectivity index (χ2n) is 7.00. The van der Waals surface area contributed by atoms with Gasteiger partial charge in [-0.25, -0.2) is 4.79 Å². The number of ether oxygens (including phenoxy) is 1. The summed E-state index contributed by atoms with van der Waals surface area (Å²) in [7, 11) is 0. The van der Waals surface area contributed by atoms with E-state index in [0.29, 0.717) is 0 Å². The number of rotatable bonds is 2. The average Bonchev–Trinajstić information content (AvgIpc) is 2.58. The number of nitrogens with one attached hydrogen (secondary N) is 1. The largest absolute Gasteiger partial charge is 0.444 e. The summed E-state index contributed by atoms with van der Waals surface area (Å²) in [5, 5.41) is 2.77. The number of Topliss-reactive ketones (excluding diaryl/α,β-unsaturated/α-hetero) is 1. The first-order valence-electron chi connectivity index (χ1n) is 7.87. The Kier molecular flexibility index (Phi) is 4.89. The first-order chi connectivity index (χ1) is 10.2. The number of aryl methyl sites for hydroxylation is 2. The lowest BCUT2D eigenvalue weighted by Crippen LogP contribution is -2.27. The van der Waals surface area contributed by atoms with Crippen LogP contribution in [-0.4, -0.2) is 17.5 Å². The van der Waals surface area contributed by atoms with Crippen LogP contribution in [0.4, 0.5) is 10.5 Å². The molecule has 22 heavy (non-hydrogen) atoms. The second kappa shape index (κ2) is 6.51. The molecule has 0 saturated heterocycles. The number of ketones is 1. The summed E-state index contributed by atoms with van der Waals surface area (Å²) in [5.74, 6) is 0.439. The molecule has 1 aromatic carbocycles. The van der Waals surface area contributed by atoms with Crippen molar-refractivity contribution >= 4 is 17.6 Å². The molecule has 4 heteroatoms. The number of benzene rings is 1.